The highest BCUT2D eigenvalue weighted by Gasteiger charge is 2.34. The monoisotopic (exact) mass is 349 g/mol. The molecule has 0 aromatic heterocycles. The molecule has 0 aliphatic rings. The number of amides is 2. The Morgan fingerprint density at radius 1 is 1.00 bits per heavy atom. The van der Waals surface area contributed by atoms with Gasteiger partial charge < -0.3 is 5.32 Å². The zero-order valence-corrected chi connectivity index (χ0v) is 12.9. The van der Waals surface area contributed by atoms with Crippen LogP contribution in [0.1, 0.15) is 21.5 Å². The van der Waals surface area contributed by atoms with Gasteiger partial charge in [-0.1, -0.05) is 42.5 Å². The Bertz CT molecular complexity index is 774. The Hall–Kier alpha value is -3.16. The summed E-state index contributed by atoms with van der Waals surface area (Å²) in [4.78, 5) is 23.5. The molecule has 0 aliphatic carbocycles. The van der Waals surface area contributed by atoms with Crippen LogP contribution in [0.3, 0.4) is 0 Å². The van der Waals surface area contributed by atoms with E-state index in [0.717, 1.165) is 17.7 Å². The average Bonchev–Trinajstić information content (AvgIpc) is 2.60. The fourth-order valence-corrected chi connectivity index (χ4v) is 1.94. The largest absolute Gasteiger partial charge is 0.417 e. The zero-order valence-electron chi connectivity index (χ0n) is 12.9. The molecule has 130 valence electrons. The van der Waals surface area contributed by atoms with Gasteiger partial charge in [0.2, 0.25) is 0 Å². The molecule has 0 heterocycles. The third kappa shape index (κ3) is 5.45. The molecule has 8 heteroatoms. The number of halogens is 3. The van der Waals surface area contributed by atoms with Crippen molar-refractivity contribution in [3.63, 3.8) is 0 Å². The van der Waals surface area contributed by atoms with Crippen molar-refractivity contribution in [2.24, 2.45) is 5.10 Å². The molecule has 0 aliphatic heterocycles. The second-order valence-corrected chi connectivity index (χ2v) is 4.93. The molecule has 5 nitrogen and oxygen atoms in total. The quantitative estimate of drug-likeness (QED) is 0.643. The van der Waals surface area contributed by atoms with Crippen molar-refractivity contribution in [1.82, 2.24) is 10.7 Å². The third-order valence-corrected chi connectivity index (χ3v) is 3.09. The molecule has 0 unspecified atom stereocenters. The van der Waals surface area contributed by atoms with Gasteiger partial charge in [0.1, 0.15) is 0 Å². The summed E-state index contributed by atoms with van der Waals surface area (Å²) < 4.78 is 38.6. The molecule has 2 aromatic carbocycles. The summed E-state index contributed by atoms with van der Waals surface area (Å²) in [6.07, 6.45) is -3.26. The van der Waals surface area contributed by atoms with E-state index in [2.05, 4.69) is 15.8 Å². The van der Waals surface area contributed by atoms with Crippen LogP contribution in [-0.4, -0.2) is 24.6 Å². The Morgan fingerprint density at radius 3 is 2.32 bits per heavy atom. The van der Waals surface area contributed by atoms with Crippen LogP contribution in [0.2, 0.25) is 0 Å². The SMILES string of the molecule is O=C(CNC(=O)c1ccccc1C(F)(F)F)N/N=C\c1ccccc1. The minimum Gasteiger partial charge on any atom is -0.343 e. The van der Waals surface area contributed by atoms with E-state index in [1.807, 2.05) is 6.07 Å². The molecule has 2 aromatic rings. The van der Waals surface area contributed by atoms with Crippen molar-refractivity contribution in [3.8, 4) is 0 Å². The Balaban J connectivity index is 1.90. The van der Waals surface area contributed by atoms with Crippen LogP contribution in [0.15, 0.2) is 59.7 Å². The van der Waals surface area contributed by atoms with Crippen molar-refractivity contribution >= 4 is 18.0 Å². The van der Waals surface area contributed by atoms with E-state index in [1.54, 1.807) is 24.3 Å². The predicted octanol–water partition coefficient (Wildman–Crippen LogP) is 2.59. The first kappa shape index (κ1) is 18.2. The van der Waals surface area contributed by atoms with Crippen LogP contribution in [-0.2, 0) is 11.0 Å². The van der Waals surface area contributed by atoms with Gasteiger partial charge in [0.05, 0.1) is 23.9 Å². The van der Waals surface area contributed by atoms with Crippen molar-refractivity contribution in [1.29, 1.82) is 0 Å². The summed E-state index contributed by atoms with van der Waals surface area (Å²) in [5.41, 5.74) is 1.33. The second-order valence-electron chi connectivity index (χ2n) is 4.93. The molecule has 2 N–H and O–H groups in total. The van der Waals surface area contributed by atoms with Gasteiger partial charge in [-0.3, -0.25) is 9.59 Å². The maximum absolute atomic E-state index is 12.9. The van der Waals surface area contributed by atoms with Crippen LogP contribution in [0.4, 0.5) is 13.2 Å². The maximum atomic E-state index is 12.9. The summed E-state index contributed by atoms with van der Waals surface area (Å²) in [5, 5.41) is 5.83. The average molecular weight is 349 g/mol. The molecular weight excluding hydrogens is 335 g/mol. The zero-order chi connectivity index (χ0) is 18.3. The summed E-state index contributed by atoms with van der Waals surface area (Å²) in [6.45, 7) is -0.503. The van der Waals surface area contributed by atoms with Gasteiger partial charge in [0.15, 0.2) is 0 Å². The Kier molecular flexibility index (Phi) is 5.89. The number of hydrogen-bond acceptors (Lipinski definition) is 3. The lowest BCUT2D eigenvalue weighted by Gasteiger charge is -2.12. The highest BCUT2D eigenvalue weighted by atomic mass is 19.4. The number of nitrogens with one attached hydrogen (secondary N) is 2. The molecule has 0 spiro atoms. The van der Waals surface area contributed by atoms with Gasteiger partial charge in [-0.25, -0.2) is 5.43 Å². The number of nitrogens with zero attached hydrogens (tertiary/aromatic N) is 1. The van der Waals surface area contributed by atoms with E-state index in [9.17, 15) is 22.8 Å². The highest BCUT2D eigenvalue weighted by Crippen LogP contribution is 2.31. The maximum Gasteiger partial charge on any atom is 0.417 e. The third-order valence-electron chi connectivity index (χ3n) is 3.09. The Labute approximate surface area is 141 Å². The van der Waals surface area contributed by atoms with Crippen LogP contribution >= 0.6 is 0 Å². The minimum atomic E-state index is -4.66. The first-order valence-electron chi connectivity index (χ1n) is 7.19. The number of carbonyl (C=O) groups is 2. The molecule has 0 saturated heterocycles. The van der Waals surface area contributed by atoms with Crippen molar-refractivity contribution in [3.05, 3.63) is 71.3 Å². The van der Waals surface area contributed by atoms with Crippen LogP contribution in [0, 0.1) is 0 Å². The lowest BCUT2D eigenvalue weighted by molar-refractivity contribution is -0.137. The molecule has 0 saturated carbocycles. The molecule has 0 radical (unpaired) electrons. The fraction of sp³-hybridized carbons (Fsp3) is 0.118. The van der Waals surface area contributed by atoms with E-state index in [1.165, 1.54) is 18.3 Å². The summed E-state index contributed by atoms with van der Waals surface area (Å²) in [7, 11) is 0. The number of hydrazone groups is 1. The number of rotatable bonds is 5. The van der Waals surface area contributed by atoms with Gasteiger partial charge in [-0.15, -0.1) is 0 Å². The number of alkyl halides is 3. The van der Waals surface area contributed by atoms with Gasteiger partial charge in [-0.2, -0.15) is 18.3 Å². The van der Waals surface area contributed by atoms with Gasteiger partial charge in [0.25, 0.3) is 11.8 Å². The van der Waals surface area contributed by atoms with E-state index in [4.69, 9.17) is 0 Å². The first-order valence-corrected chi connectivity index (χ1v) is 7.19. The number of benzene rings is 2. The molecule has 2 amide bonds. The second kappa shape index (κ2) is 8.09. The highest BCUT2D eigenvalue weighted by molar-refractivity contribution is 5.98. The summed E-state index contributed by atoms with van der Waals surface area (Å²) in [6, 6.07) is 13.3. The summed E-state index contributed by atoms with van der Waals surface area (Å²) in [5.74, 6) is -1.65. The van der Waals surface area contributed by atoms with Gasteiger partial charge in [0, 0.05) is 0 Å². The standard InChI is InChI=1S/C17H14F3N3O2/c18-17(19,20)14-9-5-4-8-13(14)16(25)21-11-15(24)23-22-10-12-6-2-1-3-7-12/h1-10H,11H2,(H,21,25)(H,23,24)/b22-10-. The topological polar surface area (TPSA) is 70.6 Å². The lowest BCUT2D eigenvalue weighted by Crippen LogP contribution is -2.35. The Morgan fingerprint density at radius 2 is 1.64 bits per heavy atom. The van der Waals surface area contributed by atoms with Gasteiger partial charge >= 0.3 is 6.18 Å². The van der Waals surface area contributed by atoms with Crippen molar-refractivity contribution < 1.29 is 22.8 Å². The fourth-order valence-electron chi connectivity index (χ4n) is 1.94. The minimum absolute atomic E-state index is 0.503. The number of carbonyl (C=O) groups excluding carboxylic acids is 2. The van der Waals surface area contributed by atoms with E-state index < -0.39 is 35.7 Å². The molecular formula is C17H14F3N3O2. The van der Waals surface area contributed by atoms with Crippen molar-refractivity contribution in [2.75, 3.05) is 6.54 Å². The molecule has 0 fully saturated rings. The number of hydrogen-bond donors (Lipinski definition) is 2. The predicted molar refractivity (Wildman–Crippen MR) is 86.0 cm³/mol. The van der Waals surface area contributed by atoms with E-state index in [0.29, 0.717) is 0 Å². The lowest BCUT2D eigenvalue weighted by atomic mass is 10.1. The smallest absolute Gasteiger partial charge is 0.343 e. The molecule has 0 bridgehead atoms. The van der Waals surface area contributed by atoms with Crippen LogP contribution in [0.25, 0.3) is 0 Å². The normalized spacial score (nSPS) is 11.3. The van der Waals surface area contributed by atoms with Gasteiger partial charge in [-0.05, 0) is 17.7 Å². The van der Waals surface area contributed by atoms with E-state index in [-0.39, 0.29) is 0 Å². The molecule has 0 atom stereocenters. The van der Waals surface area contributed by atoms with Crippen LogP contribution in [0.5, 0.6) is 0 Å². The van der Waals surface area contributed by atoms with Crippen LogP contribution < -0.4 is 10.7 Å². The molecule has 2 rings (SSSR count). The van der Waals surface area contributed by atoms with E-state index >= 15 is 0 Å². The first-order chi connectivity index (χ1) is 11.9. The summed E-state index contributed by atoms with van der Waals surface area (Å²) >= 11 is 0. The molecule has 25 heavy (non-hydrogen) atoms. The van der Waals surface area contributed by atoms with Crippen molar-refractivity contribution in [2.45, 2.75) is 6.18 Å².